The van der Waals surface area contributed by atoms with Gasteiger partial charge in [0.15, 0.2) is 0 Å². The number of hydrogen-bond donors (Lipinski definition) is 2. The molecule has 1 heterocycles. The fourth-order valence-electron chi connectivity index (χ4n) is 3.07. The Labute approximate surface area is 114 Å². The molecule has 102 valence electrons. The third-order valence-corrected chi connectivity index (χ3v) is 4.39. The van der Waals surface area contributed by atoms with E-state index in [1.54, 1.807) is 0 Å². The van der Waals surface area contributed by atoms with Gasteiger partial charge < -0.3 is 5.32 Å². The molecule has 1 saturated carbocycles. The molecule has 0 bridgehead atoms. The van der Waals surface area contributed by atoms with Crippen molar-refractivity contribution < 1.29 is 0 Å². The van der Waals surface area contributed by atoms with Crippen LogP contribution in [-0.2, 0) is 0 Å². The van der Waals surface area contributed by atoms with Gasteiger partial charge in [-0.05, 0) is 49.3 Å². The SMILES string of the molecule is CC1(C)CCCC(Nc2ccc3cn[nH]c3c2)CC1. The van der Waals surface area contributed by atoms with Crippen molar-refractivity contribution in [1.29, 1.82) is 0 Å². The van der Waals surface area contributed by atoms with E-state index in [0.29, 0.717) is 11.5 Å². The summed E-state index contributed by atoms with van der Waals surface area (Å²) >= 11 is 0. The molecule has 0 radical (unpaired) electrons. The maximum absolute atomic E-state index is 4.07. The number of anilines is 1. The minimum atomic E-state index is 0.518. The molecule has 3 heteroatoms. The first-order valence-electron chi connectivity index (χ1n) is 7.32. The molecule has 0 aliphatic heterocycles. The van der Waals surface area contributed by atoms with Crippen LogP contribution in [-0.4, -0.2) is 16.2 Å². The van der Waals surface area contributed by atoms with Crippen molar-refractivity contribution in [3.05, 3.63) is 24.4 Å². The highest BCUT2D eigenvalue weighted by Crippen LogP contribution is 2.34. The lowest BCUT2D eigenvalue weighted by Crippen LogP contribution is -2.19. The molecule has 1 aromatic heterocycles. The van der Waals surface area contributed by atoms with Gasteiger partial charge >= 0.3 is 0 Å². The summed E-state index contributed by atoms with van der Waals surface area (Å²) in [5, 5.41) is 12.0. The fraction of sp³-hybridized carbons (Fsp3) is 0.562. The number of rotatable bonds is 2. The first-order chi connectivity index (χ1) is 9.12. The minimum Gasteiger partial charge on any atom is -0.382 e. The number of benzene rings is 1. The summed E-state index contributed by atoms with van der Waals surface area (Å²) in [5.74, 6) is 0. The first-order valence-corrected chi connectivity index (χ1v) is 7.32. The Kier molecular flexibility index (Phi) is 3.21. The van der Waals surface area contributed by atoms with E-state index in [1.165, 1.54) is 43.2 Å². The third-order valence-electron chi connectivity index (χ3n) is 4.39. The smallest absolute Gasteiger partial charge is 0.0670 e. The first kappa shape index (κ1) is 12.5. The molecule has 0 amide bonds. The van der Waals surface area contributed by atoms with Gasteiger partial charge in [-0.15, -0.1) is 0 Å². The van der Waals surface area contributed by atoms with Crippen LogP contribution in [0.1, 0.15) is 46.0 Å². The number of hydrogen-bond acceptors (Lipinski definition) is 2. The lowest BCUT2D eigenvalue weighted by atomic mass is 9.85. The normalized spacial score (nSPS) is 23.2. The summed E-state index contributed by atoms with van der Waals surface area (Å²) in [4.78, 5) is 0. The van der Waals surface area contributed by atoms with Gasteiger partial charge in [-0.2, -0.15) is 5.10 Å². The number of nitrogens with zero attached hydrogens (tertiary/aromatic N) is 1. The Morgan fingerprint density at radius 3 is 3.05 bits per heavy atom. The summed E-state index contributed by atoms with van der Waals surface area (Å²) < 4.78 is 0. The summed E-state index contributed by atoms with van der Waals surface area (Å²) in [6, 6.07) is 7.07. The number of H-pyrrole nitrogens is 1. The summed E-state index contributed by atoms with van der Waals surface area (Å²) in [6.07, 6.45) is 8.42. The Bertz CT molecular complexity index is 556. The van der Waals surface area contributed by atoms with Crippen LogP contribution in [0.4, 0.5) is 5.69 Å². The molecule has 1 unspecified atom stereocenters. The predicted molar refractivity (Wildman–Crippen MR) is 80.4 cm³/mol. The van der Waals surface area contributed by atoms with Crippen LogP contribution >= 0.6 is 0 Å². The maximum Gasteiger partial charge on any atom is 0.0670 e. The molecule has 1 aliphatic carbocycles. The number of aromatic amines is 1. The molecule has 2 N–H and O–H groups in total. The average molecular weight is 257 g/mol. The maximum atomic E-state index is 4.07. The van der Waals surface area contributed by atoms with Crippen LogP contribution in [0.25, 0.3) is 10.9 Å². The molecular weight excluding hydrogens is 234 g/mol. The van der Waals surface area contributed by atoms with E-state index in [9.17, 15) is 0 Å². The number of fused-ring (bicyclic) bond motifs is 1. The molecular formula is C16H23N3. The second-order valence-corrected chi connectivity index (χ2v) is 6.61. The van der Waals surface area contributed by atoms with Crippen molar-refractivity contribution in [2.75, 3.05) is 5.32 Å². The Hall–Kier alpha value is -1.51. The quantitative estimate of drug-likeness (QED) is 0.786. The minimum absolute atomic E-state index is 0.518. The van der Waals surface area contributed by atoms with Crippen molar-refractivity contribution in [3.63, 3.8) is 0 Å². The van der Waals surface area contributed by atoms with Crippen molar-refractivity contribution in [2.45, 2.75) is 52.0 Å². The molecule has 0 saturated heterocycles. The molecule has 1 fully saturated rings. The summed E-state index contributed by atoms with van der Waals surface area (Å²) in [6.45, 7) is 4.79. The van der Waals surface area contributed by atoms with Gasteiger partial charge in [-0.3, -0.25) is 5.10 Å². The summed E-state index contributed by atoms with van der Waals surface area (Å²) in [5.41, 5.74) is 2.84. The van der Waals surface area contributed by atoms with Crippen LogP contribution < -0.4 is 5.32 Å². The van der Waals surface area contributed by atoms with E-state index in [1.807, 2.05) is 6.20 Å². The topological polar surface area (TPSA) is 40.7 Å². The molecule has 1 aliphatic rings. The predicted octanol–water partition coefficient (Wildman–Crippen LogP) is 4.33. The van der Waals surface area contributed by atoms with Crippen LogP contribution in [0, 0.1) is 5.41 Å². The highest BCUT2D eigenvalue weighted by molar-refractivity contribution is 5.81. The van der Waals surface area contributed by atoms with Gasteiger partial charge in [0.1, 0.15) is 0 Å². The number of nitrogens with one attached hydrogen (secondary N) is 2. The zero-order valence-corrected chi connectivity index (χ0v) is 11.9. The average Bonchev–Trinajstić information content (AvgIpc) is 2.76. The van der Waals surface area contributed by atoms with Crippen molar-refractivity contribution in [3.8, 4) is 0 Å². The molecule has 1 aromatic carbocycles. The molecule has 2 aromatic rings. The molecule has 3 nitrogen and oxygen atoms in total. The van der Waals surface area contributed by atoms with Crippen LogP contribution in [0.15, 0.2) is 24.4 Å². The second kappa shape index (κ2) is 4.87. The van der Waals surface area contributed by atoms with Crippen LogP contribution in [0.5, 0.6) is 0 Å². The molecule has 3 rings (SSSR count). The zero-order chi connectivity index (χ0) is 13.3. The molecule has 19 heavy (non-hydrogen) atoms. The molecule has 1 atom stereocenters. The van der Waals surface area contributed by atoms with Gasteiger partial charge in [-0.1, -0.05) is 20.3 Å². The lowest BCUT2D eigenvalue weighted by molar-refractivity contribution is 0.313. The Morgan fingerprint density at radius 1 is 1.26 bits per heavy atom. The number of aromatic nitrogens is 2. The fourth-order valence-corrected chi connectivity index (χ4v) is 3.07. The van der Waals surface area contributed by atoms with E-state index in [-0.39, 0.29) is 0 Å². The van der Waals surface area contributed by atoms with E-state index in [2.05, 4.69) is 47.6 Å². The van der Waals surface area contributed by atoms with Crippen LogP contribution in [0.2, 0.25) is 0 Å². The monoisotopic (exact) mass is 257 g/mol. The van der Waals surface area contributed by atoms with Crippen molar-refractivity contribution in [2.24, 2.45) is 5.41 Å². The van der Waals surface area contributed by atoms with E-state index < -0.39 is 0 Å². The van der Waals surface area contributed by atoms with E-state index in [4.69, 9.17) is 0 Å². The highest BCUT2D eigenvalue weighted by atomic mass is 15.1. The Morgan fingerprint density at radius 2 is 2.16 bits per heavy atom. The van der Waals surface area contributed by atoms with Crippen LogP contribution in [0.3, 0.4) is 0 Å². The standard InChI is InChI=1S/C16H23N3/c1-16(2)8-3-4-13(7-9-16)18-14-6-5-12-11-17-19-15(12)10-14/h5-6,10-11,13,18H,3-4,7-9H2,1-2H3,(H,17,19). The van der Waals surface area contributed by atoms with Crippen molar-refractivity contribution >= 4 is 16.6 Å². The van der Waals surface area contributed by atoms with E-state index in [0.717, 1.165) is 5.52 Å². The lowest BCUT2D eigenvalue weighted by Gasteiger charge is -2.22. The molecule has 0 spiro atoms. The highest BCUT2D eigenvalue weighted by Gasteiger charge is 2.24. The van der Waals surface area contributed by atoms with Crippen molar-refractivity contribution in [1.82, 2.24) is 10.2 Å². The van der Waals surface area contributed by atoms with Gasteiger partial charge in [0, 0.05) is 17.1 Å². The second-order valence-electron chi connectivity index (χ2n) is 6.61. The Balaban J connectivity index is 1.70. The summed E-state index contributed by atoms with van der Waals surface area (Å²) in [7, 11) is 0. The third kappa shape index (κ3) is 2.91. The van der Waals surface area contributed by atoms with Gasteiger partial charge in [0.05, 0.1) is 11.7 Å². The zero-order valence-electron chi connectivity index (χ0n) is 11.9. The van der Waals surface area contributed by atoms with Gasteiger partial charge in [0.25, 0.3) is 0 Å². The largest absolute Gasteiger partial charge is 0.382 e. The van der Waals surface area contributed by atoms with E-state index >= 15 is 0 Å². The van der Waals surface area contributed by atoms with Gasteiger partial charge in [-0.25, -0.2) is 0 Å². The van der Waals surface area contributed by atoms with Gasteiger partial charge in [0.2, 0.25) is 0 Å².